The Morgan fingerprint density at radius 1 is 1.53 bits per heavy atom. The lowest BCUT2D eigenvalue weighted by molar-refractivity contribution is -0.132. The average Bonchev–Trinajstić information content (AvgIpc) is 2.17. The molecule has 0 rings (SSSR count). The Labute approximate surface area is 92.2 Å². The Morgan fingerprint density at radius 2 is 2.13 bits per heavy atom. The third-order valence-electron chi connectivity index (χ3n) is 2.33. The number of hydrogen-bond donors (Lipinski definition) is 1. The van der Waals surface area contributed by atoms with Gasteiger partial charge in [-0.15, -0.1) is 6.58 Å². The van der Waals surface area contributed by atoms with E-state index in [2.05, 4.69) is 6.58 Å². The number of carbonyl (C=O) groups is 1. The van der Waals surface area contributed by atoms with E-state index in [0.29, 0.717) is 19.6 Å². The van der Waals surface area contributed by atoms with Crippen molar-refractivity contribution in [2.24, 2.45) is 0 Å². The third-order valence-corrected chi connectivity index (χ3v) is 2.33. The Kier molecular flexibility index (Phi) is 6.99. The van der Waals surface area contributed by atoms with E-state index in [1.165, 1.54) is 0 Å². The summed E-state index contributed by atoms with van der Waals surface area (Å²) in [5.74, 6) is 0.0697. The zero-order chi connectivity index (χ0) is 11.8. The minimum absolute atomic E-state index is 0.0620. The van der Waals surface area contributed by atoms with Crippen LogP contribution < -0.4 is 0 Å². The van der Waals surface area contributed by atoms with E-state index in [-0.39, 0.29) is 18.6 Å². The van der Waals surface area contributed by atoms with E-state index < -0.39 is 0 Å². The molecule has 0 saturated carbocycles. The predicted molar refractivity (Wildman–Crippen MR) is 61.6 cm³/mol. The van der Waals surface area contributed by atoms with Gasteiger partial charge in [-0.2, -0.15) is 0 Å². The highest BCUT2D eigenvalue weighted by molar-refractivity contribution is 5.78. The highest BCUT2D eigenvalue weighted by atomic mass is 16.3. The molecule has 0 aromatic carbocycles. The van der Waals surface area contributed by atoms with Gasteiger partial charge in [0.1, 0.15) is 0 Å². The Balaban J connectivity index is 4.14. The van der Waals surface area contributed by atoms with Gasteiger partial charge < -0.3 is 10.0 Å². The van der Waals surface area contributed by atoms with Gasteiger partial charge in [-0.05, 0) is 13.8 Å². The minimum atomic E-state index is 0.0620. The van der Waals surface area contributed by atoms with Crippen LogP contribution in [0, 0.1) is 0 Å². The first kappa shape index (κ1) is 14.1. The van der Waals surface area contributed by atoms with Crippen LogP contribution in [-0.2, 0) is 4.79 Å². The molecule has 0 aliphatic heterocycles. The van der Waals surface area contributed by atoms with Crippen molar-refractivity contribution in [2.45, 2.75) is 19.9 Å². The van der Waals surface area contributed by atoms with Crippen molar-refractivity contribution < 1.29 is 9.90 Å². The van der Waals surface area contributed by atoms with Crippen molar-refractivity contribution in [1.82, 2.24) is 9.80 Å². The molecule has 4 heteroatoms. The fourth-order valence-corrected chi connectivity index (χ4v) is 1.15. The van der Waals surface area contributed by atoms with Crippen molar-refractivity contribution in [3.8, 4) is 0 Å². The smallest absolute Gasteiger partial charge is 0.236 e. The molecule has 88 valence electrons. The summed E-state index contributed by atoms with van der Waals surface area (Å²) >= 11 is 0. The van der Waals surface area contributed by atoms with Crippen molar-refractivity contribution >= 4 is 5.91 Å². The summed E-state index contributed by atoms with van der Waals surface area (Å²) in [5.41, 5.74) is 0. The molecule has 0 unspecified atom stereocenters. The number of aliphatic hydroxyl groups is 1. The molecule has 0 aliphatic carbocycles. The normalized spacial score (nSPS) is 10.8. The van der Waals surface area contributed by atoms with Gasteiger partial charge in [0.2, 0.25) is 5.91 Å². The number of hydrogen-bond acceptors (Lipinski definition) is 3. The van der Waals surface area contributed by atoms with Crippen LogP contribution in [0.25, 0.3) is 0 Å². The predicted octanol–water partition coefficient (Wildman–Crippen LogP) is 0.334. The fourth-order valence-electron chi connectivity index (χ4n) is 1.15. The van der Waals surface area contributed by atoms with Gasteiger partial charge in [0, 0.05) is 26.2 Å². The highest BCUT2D eigenvalue weighted by Crippen LogP contribution is 1.97. The molecule has 0 radical (unpaired) electrons. The van der Waals surface area contributed by atoms with Gasteiger partial charge in [-0.3, -0.25) is 9.69 Å². The summed E-state index contributed by atoms with van der Waals surface area (Å²) in [6.45, 7) is 9.09. The number of nitrogens with zero attached hydrogens (tertiary/aromatic N) is 2. The first-order valence-electron chi connectivity index (χ1n) is 5.22. The van der Waals surface area contributed by atoms with Crippen LogP contribution in [0.1, 0.15) is 13.8 Å². The number of carbonyl (C=O) groups excluding carboxylic acids is 1. The molecule has 0 atom stereocenters. The number of aliphatic hydroxyl groups excluding tert-OH is 1. The molecular weight excluding hydrogens is 192 g/mol. The zero-order valence-corrected chi connectivity index (χ0v) is 9.94. The summed E-state index contributed by atoms with van der Waals surface area (Å²) in [6.07, 6.45) is 1.73. The second kappa shape index (κ2) is 7.43. The summed E-state index contributed by atoms with van der Waals surface area (Å²) in [6, 6.07) is 0.206. The molecule has 1 N–H and O–H groups in total. The monoisotopic (exact) mass is 214 g/mol. The van der Waals surface area contributed by atoms with Crippen LogP contribution in [0.5, 0.6) is 0 Å². The van der Waals surface area contributed by atoms with E-state index in [1.807, 2.05) is 18.7 Å². The molecule has 0 spiro atoms. The Bertz CT molecular complexity index is 205. The molecule has 0 aromatic heterocycles. The lowest BCUT2D eigenvalue weighted by atomic mass is 10.3. The summed E-state index contributed by atoms with van der Waals surface area (Å²) < 4.78 is 0. The topological polar surface area (TPSA) is 43.8 Å². The minimum Gasteiger partial charge on any atom is -0.395 e. The molecular formula is C11H22N2O2. The molecule has 0 fully saturated rings. The maximum Gasteiger partial charge on any atom is 0.236 e. The van der Waals surface area contributed by atoms with Crippen molar-refractivity contribution in [1.29, 1.82) is 0 Å². The van der Waals surface area contributed by atoms with E-state index in [9.17, 15) is 4.79 Å². The second-order valence-corrected chi connectivity index (χ2v) is 3.85. The van der Waals surface area contributed by atoms with Crippen LogP contribution in [0.15, 0.2) is 12.7 Å². The van der Waals surface area contributed by atoms with Crippen LogP contribution in [0.4, 0.5) is 0 Å². The number of amides is 1. The van der Waals surface area contributed by atoms with Crippen LogP contribution in [0.3, 0.4) is 0 Å². The van der Waals surface area contributed by atoms with Gasteiger partial charge in [-0.1, -0.05) is 6.08 Å². The van der Waals surface area contributed by atoms with Gasteiger partial charge in [0.05, 0.1) is 13.2 Å². The second-order valence-electron chi connectivity index (χ2n) is 3.85. The van der Waals surface area contributed by atoms with E-state index in [1.54, 1.807) is 18.0 Å². The maximum atomic E-state index is 11.7. The van der Waals surface area contributed by atoms with Crippen LogP contribution in [0.2, 0.25) is 0 Å². The standard InChI is InChI=1S/C11H22N2O2/c1-5-6-13(7-8-14)9-11(15)12(4)10(2)3/h5,10,14H,1,6-9H2,2-4H3. The molecule has 0 aliphatic rings. The summed E-state index contributed by atoms with van der Waals surface area (Å²) in [7, 11) is 1.79. The molecule has 0 saturated heterocycles. The highest BCUT2D eigenvalue weighted by Gasteiger charge is 2.15. The zero-order valence-electron chi connectivity index (χ0n) is 9.94. The van der Waals surface area contributed by atoms with Gasteiger partial charge >= 0.3 is 0 Å². The van der Waals surface area contributed by atoms with E-state index >= 15 is 0 Å². The first-order valence-corrected chi connectivity index (χ1v) is 5.22. The van der Waals surface area contributed by atoms with Crippen molar-refractivity contribution in [3.05, 3.63) is 12.7 Å². The first-order chi connectivity index (χ1) is 7.02. The van der Waals surface area contributed by atoms with Crippen LogP contribution >= 0.6 is 0 Å². The lowest BCUT2D eigenvalue weighted by Crippen LogP contribution is -2.42. The average molecular weight is 214 g/mol. The van der Waals surface area contributed by atoms with Crippen molar-refractivity contribution in [2.75, 3.05) is 33.3 Å². The lowest BCUT2D eigenvalue weighted by Gasteiger charge is -2.26. The van der Waals surface area contributed by atoms with E-state index in [0.717, 1.165) is 0 Å². The maximum absolute atomic E-state index is 11.7. The summed E-state index contributed by atoms with van der Waals surface area (Å²) in [5, 5.41) is 8.82. The molecule has 0 heterocycles. The van der Waals surface area contributed by atoms with Gasteiger partial charge in [0.25, 0.3) is 0 Å². The molecule has 15 heavy (non-hydrogen) atoms. The third kappa shape index (κ3) is 5.54. The fraction of sp³-hybridized carbons (Fsp3) is 0.727. The number of rotatable bonds is 7. The van der Waals surface area contributed by atoms with Crippen LogP contribution in [-0.4, -0.2) is 60.1 Å². The Morgan fingerprint density at radius 3 is 2.53 bits per heavy atom. The van der Waals surface area contributed by atoms with Crippen molar-refractivity contribution in [3.63, 3.8) is 0 Å². The van der Waals surface area contributed by atoms with Gasteiger partial charge in [-0.25, -0.2) is 0 Å². The molecule has 0 aromatic rings. The molecule has 4 nitrogen and oxygen atoms in total. The van der Waals surface area contributed by atoms with E-state index in [4.69, 9.17) is 5.11 Å². The molecule has 0 bridgehead atoms. The number of likely N-dealkylation sites (N-methyl/N-ethyl adjacent to an activating group) is 1. The Hall–Kier alpha value is -0.870. The SMILES string of the molecule is C=CCN(CCO)CC(=O)N(C)C(C)C. The quantitative estimate of drug-likeness (QED) is 0.621. The largest absolute Gasteiger partial charge is 0.395 e. The molecule has 1 amide bonds. The van der Waals surface area contributed by atoms with Gasteiger partial charge in [0.15, 0.2) is 0 Å². The summed E-state index contributed by atoms with van der Waals surface area (Å²) in [4.78, 5) is 15.3.